The summed E-state index contributed by atoms with van der Waals surface area (Å²) in [4.78, 5) is 15.3. The molecule has 0 bridgehead atoms. The van der Waals surface area contributed by atoms with E-state index in [4.69, 9.17) is 0 Å². The van der Waals surface area contributed by atoms with Gasteiger partial charge in [0.25, 0.3) is 0 Å². The molecule has 116 valence electrons. The lowest BCUT2D eigenvalue weighted by atomic mass is 10.0. The molecule has 0 aliphatic heterocycles. The normalized spacial score (nSPS) is 11.3. The first kappa shape index (κ1) is 16.4. The van der Waals surface area contributed by atoms with Gasteiger partial charge in [0.2, 0.25) is 0 Å². The standard InChI is InChI=1S/C15H13F3NO2P/c1-21-14(20)10-6-7-13(15(16,17)18)19-11(10)8-9-4-2-3-5-12(9)22/h2-7H,8,22H2,1H3. The number of halogens is 3. The average Bonchev–Trinajstić information content (AvgIpc) is 2.48. The fourth-order valence-corrected chi connectivity index (χ4v) is 2.27. The van der Waals surface area contributed by atoms with Crippen molar-refractivity contribution in [2.75, 3.05) is 7.11 Å². The number of aromatic nitrogens is 1. The van der Waals surface area contributed by atoms with Crippen LogP contribution < -0.4 is 5.30 Å². The fraction of sp³-hybridized carbons (Fsp3) is 0.200. The number of alkyl halides is 3. The van der Waals surface area contributed by atoms with Crippen LogP contribution in [0.4, 0.5) is 13.2 Å². The molecule has 1 aromatic carbocycles. The summed E-state index contributed by atoms with van der Waals surface area (Å²) >= 11 is 0. The van der Waals surface area contributed by atoms with E-state index in [2.05, 4.69) is 19.0 Å². The monoisotopic (exact) mass is 327 g/mol. The summed E-state index contributed by atoms with van der Waals surface area (Å²) in [5, 5.41) is 0.831. The molecule has 0 aliphatic carbocycles. The van der Waals surface area contributed by atoms with Gasteiger partial charge in [0.1, 0.15) is 5.69 Å². The average molecular weight is 327 g/mol. The van der Waals surface area contributed by atoms with Crippen LogP contribution in [0.3, 0.4) is 0 Å². The zero-order valence-corrected chi connectivity index (χ0v) is 12.8. The molecule has 7 heteroatoms. The van der Waals surface area contributed by atoms with Crippen LogP contribution >= 0.6 is 9.24 Å². The quantitative estimate of drug-likeness (QED) is 0.643. The van der Waals surface area contributed by atoms with Gasteiger partial charge in [-0.3, -0.25) is 0 Å². The molecule has 3 nitrogen and oxygen atoms in total. The maximum absolute atomic E-state index is 12.8. The molecule has 0 spiro atoms. The van der Waals surface area contributed by atoms with Crippen LogP contribution in [-0.4, -0.2) is 18.1 Å². The minimum Gasteiger partial charge on any atom is -0.465 e. The minimum atomic E-state index is -4.57. The first-order valence-corrected chi connectivity index (χ1v) is 6.89. The van der Waals surface area contributed by atoms with Crippen molar-refractivity contribution < 1.29 is 22.7 Å². The summed E-state index contributed by atoms with van der Waals surface area (Å²) in [5.41, 5.74) is -0.193. The van der Waals surface area contributed by atoms with E-state index in [1.807, 2.05) is 12.1 Å². The first-order valence-electron chi connectivity index (χ1n) is 6.31. The second-order valence-electron chi connectivity index (χ2n) is 4.56. The highest BCUT2D eigenvalue weighted by Gasteiger charge is 2.33. The number of hydrogen-bond acceptors (Lipinski definition) is 3. The number of ether oxygens (including phenoxy) is 1. The molecule has 1 aromatic heterocycles. The van der Waals surface area contributed by atoms with Crippen LogP contribution in [0.2, 0.25) is 0 Å². The van der Waals surface area contributed by atoms with Crippen LogP contribution in [0, 0.1) is 0 Å². The molecule has 0 saturated heterocycles. The van der Waals surface area contributed by atoms with Gasteiger partial charge in [-0.25, -0.2) is 9.78 Å². The zero-order valence-electron chi connectivity index (χ0n) is 11.6. The Labute approximate surface area is 127 Å². The van der Waals surface area contributed by atoms with E-state index in [-0.39, 0.29) is 17.7 Å². The maximum atomic E-state index is 12.8. The highest BCUT2D eigenvalue weighted by Crippen LogP contribution is 2.29. The Morgan fingerprint density at radius 2 is 1.91 bits per heavy atom. The van der Waals surface area contributed by atoms with Gasteiger partial charge in [-0.1, -0.05) is 24.3 Å². The van der Waals surface area contributed by atoms with Crippen molar-refractivity contribution in [3.05, 3.63) is 58.9 Å². The van der Waals surface area contributed by atoms with Crippen molar-refractivity contribution in [3.63, 3.8) is 0 Å². The third-order valence-electron chi connectivity index (χ3n) is 3.08. The molecule has 0 N–H and O–H groups in total. The summed E-state index contributed by atoms with van der Waals surface area (Å²) < 4.78 is 43.1. The van der Waals surface area contributed by atoms with Gasteiger partial charge in [0, 0.05) is 6.42 Å². The lowest BCUT2D eigenvalue weighted by Crippen LogP contribution is -2.15. The zero-order chi connectivity index (χ0) is 16.3. The van der Waals surface area contributed by atoms with E-state index >= 15 is 0 Å². The van der Waals surface area contributed by atoms with Gasteiger partial charge in [-0.05, 0) is 23.0 Å². The topological polar surface area (TPSA) is 39.2 Å². The molecule has 1 unspecified atom stereocenters. The number of esters is 1. The van der Waals surface area contributed by atoms with E-state index in [9.17, 15) is 18.0 Å². The number of methoxy groups -OCH3 is 1. The number of nitrogens with zero attached hydrogens (tertiary/aromatic N) is 1. The third-order valence-corrected chi connectivity index (χ3v) is 3.65. The van der Waals surface area contributed by atoms with Crippen molar-refractivity contribution in [1.29, 1.82) is 0 Å². The van der Waals surface area contributed by atoms with Crippen molar-refractivity contribution in [2.24, 2.45) is 0 Å². The predicted molar refractivity (Wildman–Crippen MR) is 79.2 cm³/mol. The van der Waals surface area contributed by atoms with Crippen LogP contribution in [0.25, 0.3) is 0 Å². The summed E-state index contributed by atoms with van der Waals surface area (Å²) in [5.74, 6) is -0.711. The van der Waals surface area contributed by atoms with Crippen molar-refractivity contribution >= 4 is 20.5 Å². The predicted octanol–water partition coefficient (Wildman–Crippen LogP) is 2.98. The van der Waals surface area contributed by atoms with E-state index in [1.165, 1.54) is 7.11 Å². The summed E-state index contributed by atoms with van der Waals surface area (Å²) in [6.07, 6.45) is -4.46. The fourth-order valence-electron chi connectivity index (χ4n) is 1.97. The molecule has 1 atom stereocenters. The molecular weight excluding hydrogens is 314 g/mol. The van der Waals surface area contributed by atoms with Gasteiger partial charge in [0.05, 0.1) is 18.4 Å². The second kappa shape index (κ2) is 6.44. The highest BCUT2D eigenvalue weighted by molar-refractivity contribution is 7.27. The third kappa shape index (κ3) is 3.63. The Morgan fingerprint density at radius 1 is 1.23 bits per heavy atom. The summed E-state index contributed by atoms with van der Waals surface area (Å²) in [7, 11) is 3.68. The van der Waals surface area contributed by atoms with Gasteiger partial charge < -0.3 is 4.74 Å². The lowest BCUT2D eigenvalue weighted by molar-refractivity contribution is -0.141. The number of pyridine rings is 1. The molecule has 2 rings (SSSR count). The molecule has 1 heterocycles. The van der Waals surface area contributed by atoms with Gasteiger partial charge in [-0.2, -0.15) is 13.2 Å². The summed E-state index contributed by atoms with van der Waals surface area (Å²) in [6, 6.07) is 9.04. The molecule has 0 saturated carbocycles. The lowest BCUT2D eigenvalue weighted by Gasteiger charge is -2.12. The maximum Gasteiger partial charge on any atom is 0.433 e. The molecule has 0 amide bonds. The smallest absolute Gasteiger partial charge is 0.433 e. The Balaban J connectivity index is 2.50. The SMILES string of the molecule is COC(=O)c1ccc(C(F)(F)F)nc1Cc1ccccc1P. The molecule has 0 fully saturated rings. The van der Waals surface area contributed by atoms with E-state index < -0.39 is 17.8 Å². The largest absolute Gasteiger partial charge is 0.465 e. The second-order valence-corrected chi connectivity index (χ2v) is 5.18. The number of hydrogen-bond donors (Lipinski definition) is 0. The molecule has 22 heavy (non-hydrogen) atoms. The summed E-state index contributed by atoms with van der Waals surface area (Å²) in [6.45, 7) is 0. The Kier molecular flexibility index (Phi) is 4.81. The molecular formula is C15H13F3NO2P. The van der Waals surface area contributed by atoms with Crippen LogP contribution in [0.1, 0.15) is 27.3 Å². The number of benzene rings is 1. The van der Waals surface area contributed by atoms with Crippen LogP contribution in [0.15, 0.2) is 36.4 Å². The first-order chi connectivity index (χ1) is 10.3. The minimum absolute atomic E-state index is 0.0313. The number of carbonyl (C=O) groups is 1. The van der Waals surface area contributed by atoms with Crippen molar-refractivity contribution in [1.82, 2.24) is 4.98 Å². The van der Waals surface area contributed by atoms with Crippen molar-refractivity contribution in [3.8, 4) is 0 Å². The van der Waals surface area contributed by atoms with E-state index in [0.29, 0.717) is 0 Å². The highest BCUT2D eigenvalue weighted by atomic mass is 31.0. The van der Waals surface area contributed by atoms with Crippen LogP contribution in [-0.2, 0) is 17.3 Å². The van der Waals surface area contributed by atoms with Gasteiger partial charge in [0.15, 0.2) is 0 Å². The molecule has 0 aliphatic rings. The Bertz CT molecular complexity index is 701. The molecule has 2 aromatic rings. The Morgan fingerprint density at radius 3 is 2.50 bits per heavy atom. The van der Waals surface area contributed by atoms with E-state index in [0.717, 1.165) is 23.0 Å². The Hall–Kier alpha value is -1.94. The van der Waals surface area contributed by atoms with E-state index in [1.54, 1.807) is 12.1 Å². The van der Waals surface area contributed by atoms with Gasteiger partial charge in [-0.15, -0.1) is 9.24 Å². The van der Waals surface area contributed by atoms with Crippen molar-refractivity contribution in [2.45, 2.75) is 12.6 Å². The van der Waals surface area contributed by atoms with Gasteiger partial charge >= 0.3 is 12.1 Å². The van der Waals surface area contributed by atoms with Crippen LogP contribution in [0.5, 0.6) is 0 Å². The number of rotatable bonds is 3. The molecule has 0 radical (unpaired) electrons. The number of carbonyl (C=O) groups excluding carboxylic acids is 1.